The van der Waals surface area contributed by atoms with E-state index in [1.54, 1.807) is 0 Å². The Morgan fingerprint density at radius 1 is 1.10 bits per heavy atom. The lowest BCUT2D eigenvalue weighted by atomic mass is 10.1. The Bertz CT molecular complexity index is 1170. The molecule has 156 valence electrons. The van der Waals surface area contributed by atoms with Gasteiger partial charge in [-0.1, -0.05) is 18.2 Å². The van der Waals surface area contributed by atoms with Crippen molar-refractivity contribution in [3.05, 3.63) is 71.3 Å². The number of aromatic nitrogens is 3. The smallest absolute Gasteiger partial charge is 0.191 e. The molecule has 3 heterocycles. The van der Waals surface area contributed by atoms with Crippen molar-refractivity contribution >= 4 is 22.5 Å². The first-order valence-electron chi connectivity index (χ1n) is 10.7. The molecule has 3 N–H and O–H groups in total. The number of aliphatic imine (C=N–C) groups is 1. The van der Waals surface area contributed by atoms with Crippen LogP contribution in [0.3, 0.4) is 0 Å². The predicted octanol–water partition coefficient (Wildman–Crippen LogP) is 3.77. The molecule has 6 heteroatoms. The molecular weight excluding hydrogens is 372 g/mol. The van der Waals surface area contributed by atoms with Gasteiger partial charge in [0.05, 0.1) is 5.69 Å². The van der Waals surface area contributed by atoms with Gasteiger partial charge in [-0.3, -0.25) is 4.99 Å². The van der Waals surface area contributed by atoms with Gasteiger partial charge in [0.15, 0.2) is 5.96 Å². The minimum Gasteiger partial charge on any atom is -0.361 e. The van der Waals surface area contributed by atoms with Crippen LogP contribution in [0.2, 0.25) is 0 Å². The van der Waals surface area contributed by atoms with E-state index in [0.717, 1.165) is 43.2 Å². The maximum Gasteiger partial charge on any atom is 0.191 e. The number of hydrogen-bond acceptors (Lipinski definition) is 2. The quantitative estimate of drug-likeness (QED) is 0.326. The van der Waals surface area contributed by atoms with Gasteiger partial charge in [0.2, 0.25) is 0 Å². The highest BCUT2D eigenvalue weighted by Crippen LogP contribution is 2.22. The van der Waals surface area contributed by atoms with Crippen molar-refractivity contribution in [2.24, 2.45) is 4.99 Å². The third-order valence-corrected chi connectivity index (χ3v) is 5.39. The molecule has 30 heavy (non-hydrogen) atoms. The van der Waals surface area contributed by atoms with E-state index in [9.17, 15) is 0 Å². The summed E-state index contributed by atoms with van der Waals surface area (Å²) in [6.07, 6.45) is 8.02. The maximum absolute atomic E-state index is 4.74. The fourth-order valence-corrected chi connectivity index (χ4v) is 3.91. The second kappa shape index (κ2) is 9.03. The van der Waals surface area contributed by atoms with Gasteiger partial charge in [-0.25, -0.2) is 4.98 Å². The number of H-pyrrole nitrogens is 1. The molecule has 0 amide bonds. The summed E-state index contributed by atoms with van der Waals surface area (Å²) in [6.45, 7) is 8.72. The number of guanidine groups is 1. The third kappa shape index (κ3) is 4.32. The number of benzene rings is 1. The van der Waals surface area contributed by atoms with E-state index in [0.29, 0.717) is 6.54 Å². The summed E-state index contributed by atoms with van der Waals surface area (Å²) >= 11 is 0. The zero-order valence-electron chi connectivity index (χ0n) is 18.0. The molecule has 6 nitrogen and oxygen atoms in total. The van der Waals surface area contributed by atoms with E-state index >= 15 is 0 Å². The molecule has 0 aliphatic heterocycles. The molecule has 4 rings (SSSR count). The minimum absolute atomic E-state index is 0.699. The predicted molar refractivity (Wildman–Crippen MR) is 124 cm³/mol. The summed E-state index contributed by atoms with van der Waals surface area (Å²) < 4.78 is 2.08. The summed E-state index contributed by atoms with van der Waals surface area (Å²) in [5, 5.41) is 8.14. The van der Waals surface area contributed by atoms with Crippen molar-refractivity contribution in [3.63, 3.8) is 0 Å². The van der Waals surface area contributed by atoms with Crippen LogP contribution in [0.4, 0.5) is 0 Å². The van der Waals surface area contributed by atoms with Gasteiger partial charge < -0.3 is 20.0 Å². The largest absolute Gasteiger partial charge is 0.361 e. The first-order chi connectivity index (χ1) is 14.7. The van der Waals surface area contributed by atoms with Crippen LogP contribution in [-0.4, -0.2) is 40.0 Å². The molecule has 0 radical (unpaired) electrons. The first-order valence-corrected chi connectivity index (χ1v) is 10.7. The Morgan fingerprint density at radius 3 is 2.80 bits per heavy atom. The molecule has 1 aromatic carbocycles. The number of fused-ring (bicyclic) bond motifs is 2. The molecule has 0 saturated carbocycles. The van der Waals surface area contributed by atoms with E-state index in [1.165, 1.54) is 27.6 Å². The maximum atomic E-state index is 4.74. The fraction of sp³-hybridized carbons (Fsp3) is 0.333. The number of pyridine rings is 1. The average Bonchev–Trinajstić information content (AvgIpc) is 3.34. The third-order valence-electron chi connectivity index (χ3n) is 5.39. The lowest BCUT2D eigenvalue weighted by Crippen LogP contribution is -2.38. The summed E-state index contributed by atoms with van der Waals surface area (Å²) in [5.74, 6) is 0.856. The van der Waals surface area contributed by atoms with Crippen LogP contribution in [0.25, 0.3) is 16.6 Å². The van der Waals surface area contributed by atoms with Gasteiger partial charge >= 0.3 is 0 Å². The van der Waals surface area contributed by atoms with E-state index in [2.05, 4.69) is 77.4 Å². The molecule has 0 unspecified atom stereocenters. The Morgan fingerprint density at radius 2 is 1.97 bits per heavy atom. The molecular formula is C24H30N6. The second-order valence-electron chi connectivity index (χ2n) is 7.65. The van der Waals surface area contributed by atoms with Gasteiger partial charge in [0, 0.05) is 55.5 Å². The topological polar surface area (TPSA) is 69.5 Å². The Labute approximate surface area is 177 Å². The summed E-state index contributed by atoms with van der Waals surface area (Å²) in [7, 11) is 0. The van der Waals surface area contributed by atoms with E-state index in [1.807, 2.05) is 12.3 Å². The van der Waals surface area contributed by atoms with Crippen LogP contribution in [0, 0.1) is 13.8 Å². The number of imidazole rings is 1. The fourth-order valence-electron chi connectivity index (χ4n) is 3.91. The second-order valence-corrected chi connectivity index (χ2v) is 7.65. The van der Waals surface area contributed by atoms with Crippen molar-refractivity contribution in [3.8, 4) is 0 Å². The Hall–Kier alpha value is -3.28. The number of nitrogens with zero attached hydrogens (tertiary/aromatic N) is 3. The van der Waals surface area contributed by atoms with Crippen LogP contribution < -0.4 is 10.6 Å². The normalized spacial score (nSPS) is 12.0. The molecule has 0 spiro atoms. The lowest BCUT2D eigenvalue weighted by molar-refractivity contribution is 0.797. The standard InChI is InChI=1S/C24H30N6/c1-4-25-24(26-12-10-19-15-28-21-9-5-7-17(2)22(19)21)27-13-11-20-16-30-14-6-8-18(3)23(30)29-20/h5-9,14-16,28H,4,10-13H2,1-3H3,(H2,25,26,27). The average molecular weight is 403 g/mol. The number of hydrogen-bond donors (Lipinski definition) is 3. The van der Waals surface area contributed by atoms with Crippen LogP contribution in [0.15, 0.2) is 53.9 Å². The molecule has 0 bridgehead atoms. The van der Waals surface area contributed by atoms with E-state index < -0.39 is 0 Å². The van der Waals surface area contributed by atoms with E-state index in [-0.39, 0.29) is 0 Å². The summed E-state index contributed by atoms with van der Waals surface area (Å²) in [6, 6.07) is 10.5. The van der Waals surface area contributed by atoms with Gasteiger partial charge in [0.1, 0.15) is 5.65 Å². The lowest BCUT2D eigenvalue weighted by Gasteiger charge is -2.11. The molecule has 0 fully saturated rings. The Balaban J connectivity index is 1.35. The number of aromatic amines is 1. The van der Waals surface area contributed by atoms with Crippen LogP contribution >= 0.6 is 0 Å². The molecule has 0 atom stereocenters. The molecule has 0 saturated heterocycles. The van der Waals surface area contributed by atoms with Crippen molar-refractivity contribution < 1.29 is 0 Å². The Kier molecular flexibility index (Phi) is 6.02. The molecule has 4 aromatic rings. The van der Waals surface area contributed by atoms with Gasteiger partial charge in [0.25, 0.3) is 0 Å². The molecule has 0 aliphatic carbocycles. The SMILES string of the molecule is CCNC(=NCCc1cn2cccc(C)c2n1)NCCc1c[nH]c2cccc(C)c12. The van der Waals surface area contributed by atoms with Gasteiger partial charge in [-0.05, 0) is 56.0 Å². The number of nitrogens with one attached hydrogen (secondary N) is 3. The summed E-state index contributed by atoms with van der Waals surface area (Å²) in [5.41, 5.74) is 7.13. The number of rotatable bonds is 7. The minimum atomic E-state index is 0.699. The van der Waals surface area contributed by atoms with E-state index in [4.69, 9.17) is 9.98 Å². The van der Waals surface area contributed by atoms with Crippen LogP contribution in [0.5, 0.6) is 0 Å². The highest BCUT2D eigenvalue weighted by molar-refractivity contribution is 5.86. The zero-order valence-corrected chi connectivity index (χ0v) is 18.0. The van der Waals surface area contributed by atoms with Crippen LogP contribution in [0.1, 0.15) is 29.3 Å². The van der Waals surface area contributed by atoms with Gasteiger partial charge in [-0.2, -0.15) is 0 Å². The first kappa shape index (κ1) is 20.0. The van der Waals surface area contributed by atoms with Crippen molar-refractivity contribution in [2.75, 3.05) is 19.6 Å². The molecule has 0 aliphatic rings. The zero-order chi connectivity index (χ0) is 20.9. The summed E-state index contributed by atoms with van der Waals surface area (Å²) in [4.78, 5) is 12.9. The monoisotopic (exact) mass is 402 g/mol. The highest BCUT2D eigenvalue weighted by atomic mass is 15.2. The van der Waals surface area contributed by atoms with Crippen molar-refractivity contribution in [2.45, 2.75) is 33.6 Å². The number of aryl methyl sites for hydroxylation is 2. The van der Waals surface area contributed by atoms with Crippen LogP contribution in [-0.2, 0) is 12.8 Å². The van der Waals surface area contributed by atoms with Crippen molar-refractivity contribution in [1.82, 2.24) is 25.0 Å². The van der Waals surface area contributed by atoms with Crippen molar-refractivity contribution in [1.29, 1.82) is 0 Å². The molecule has 3 aromatic heterocycles. The van der Waals surface area contributed by atoms with Gasteiger partial charge in [-0.15, -0.1) is 0 Å². The highest BCUT2D eigenvalue weighted by Gasteiger charge is 2.07.